The second kappa shape index (κ2) is 14.1. The molecular formula is C43H42O11. The van der Waals surface area contributed by atoms with Gasteiger partial charge < -0.3 is 37.9 Å². The van der Waals surface area contributed by atoms with Gasteiger partial charge in [0.15, 0.2) is 0 Å². The third-order valence-corrected chi connectivity index (χ3v) is 10.5. The van der Waals surface area contributed by atoms with Gasteiger partial charge in [0.2, 0.25) is 0 Å². The lowest BCUT2D eigenvalue weighted by atomic mass is 9.48. The Hall–Kier alpha value is -5.97. The van der Waals surface area contributed by atoms with E-state index in [0.29, 0.717) is 28.6 Å². The van der Waals surface area contributed by atoms with Gasteiger partial charge in [0.25, 0.3) is 0 Å². The standard InChI is InChI=1S/C43H42O11/c1-28(29-14-6-10-18-33(29)47-2)51-40-22-41(52-37(44)30-15-7-11-19-34(30)48-3)25-42(23-40,53-38(45)31-16-8-12-20-35(31)49-4)27-43(24-40,26-41)54-39(46)32-17-9-13-21-36(32)50-5/h6-21H,1,22-27H2,2-5H3. The van der Waals surface area contributed by atoms with E-state index in [1.165, 1.54) is 21.3 Å². The number of methoxy groups -OCH3 is 4. The molecule has 0 N–H and O–H groups in total. The number of esters is 3. The second-order valence-corrected chi connectivity index (χ2v) is 14.3. The maximum absolute atomic E-state index is 14.2. The highest BCUT2D eigenvalue weighted by atomic mass is 16.6. The zero-order chi connectivity index (χ0) is 38.1. The van der Waals surface area contributed by atoms with E-state index in [1.807, 2.05) is 18.2 Å². The molecule has 0 atom stereocenters. The van der Waals surface area contributed by atoms with Gasteiger partial charge in [-0.15, -0.1) is 0 Å². The molecule has 0 aromatic heterocycles. The van der Waals surface area contributed by atoms with Crippen LogP contribution in [0.5, 0.6) is 23.0 Å². The molecule has 4 saturated carbocycles. The van der Waals surface area contributed by atoms with Crippen LogP contribution in [0.4, 0.5) is 0 Å². The fraction of sp³-hybridized carbons (Fsp3) is 0.326. The molecule has 0 radical (unpaired) electrons. The van der Waals surface area contributed by atoms with Crippen molar-refractivity contribution < 1.29 is 52.3 Å². The Morgan fingerprint density at radius 3 is 0.944 bits per heavy atom. The van der Waals surface area contributed by atoms with Crippen LogP contribution in [0.15, 0.2) is 104 Å². The van der Waals surface area contributed by atoms with Crippen LogP contribution in [-0.2, 0) is 18.9 Å². The molecule has 4 fully saturated rings. The van der Waals surface area contributed by atoms with E-state index in [-0.39, 0.29) is 61.0 Å². The van der Waals surface area contributed by atoms with E-state index in [1.54, 1.807) is 86.0 Å². The van der Waals surface area contributed by atoms with Crippen LogP contribution >= 0.6 is 0 Å². The predicted octanol–water partition coefficient (Wildman–Crippen LogP) is 7.62. The fourth-order valence-electron chi connectivity index (χ4n) is 9.09. The van der Waals surface area contributed by atoms with E-state index in [0.717, 1.165) is 0 Å². The van der Waals surface area contributed by atoms with Gasteiger partial charge in [-0.05, 0) is 48.5 Å². The summed E-state index contributed by atoms with van der Waals surface area (Å²) in [7, 11) is 5.98. The van der Waals surface area contributed by atoms with Crippen LogP contribution < -0.4 is 18.9 Å². The first-order chi connectivity index (χ1) is 26.0. The summed E-state index contributed by atoms with van der Waals surface area (Å²) in [6.45, 7) is 4.30. The summed E-state index contributed by atoms with van der Waals surface area (Å²) in [5, 5.41) is 0. The molecule has 4 aliphatic rings. The first-order valence-electron chi connectivity index (χ1n) is 17.6. The van der Waals surface area contributed by atoms with Gasteiger partial charge in [-0.1, -0.05) is 55.1 Å². The molecule has 4 aromatic rings. The molecule has 0 unspecified atom stereocenters. The van der Waals surface area contributed by atoms with Gasteiger partial charge in [0.05, 0.1) is 34.0 Å². The van der Waals surface area contributed by atoms with Gasteiger partial charge in [-0.3, -0.25) is 0 Å². The molecule has 0 spiro atoms. The van der Waals surface area contributed by atoms with Crippen LogP contribution in [0.3, 0.4) is 0 Å². The zero-order valence-electron chi connectivity index (χ0n) is 30.7. The molecular weight excluding hydrogens is 692 g/mol. The molecule has 11 nitrogen and oxygen atoms in total. The summed E-state index contributed by atoms with van der Waals surface area (Å²) in [4.78, 5) is 42.5. The fourth-order valence-corrected chi connectivity index (χ4v) is 9.09. The van der Waals surface area contributed by atoms with Crippen molar-refractivity contribution in [3.8, 4) is 23.0 Å². The highest BCUT2D eigenvalue weighted by Gasteiger charge is 2.74. The molecule has 0 amide bonds. The normalized spacial score (nSPS) is 24.8. The van der Waals surface area contributed by atoms with Crippen LogP contribution in [0, 0.1) is 0 Å². The average molecular weight is 735 g/mol. The average Bonchev–Trinajstić information content (AvgIpc) is 3.16. The number of ether oxygens (including phenoxy) is 8. The summed E-state index contributed by atoms with van der Waals surface area (Å²) >= 11 is 0. The van der Waals surface area contributed by atoms with E-state index < -0.39 is 40.3 Å². The van der Waals surface area contributed by atoms with Gasteiger partial charge in [-0.2, -0.15) is 0 Å². The summed E-state index contributed by atoms with van der Waals surface area (Å²) < 4.78 is 48.8. The molecule has 54 heavy (non-hydrogen) atoms. The molecule has 4 bridgehead atoms. The Labute approximate surface area is 313 Å². The second-order valence-electron chi connectivity index (χ2n) is 14.3. The smallest absolute Gasteiger partial charge is 0.342 e. The minimum Gasteiger partial charge on any atom is -0.496 e. The predicted molar refractivity (Wildman–Crippen MR) is 197 cm³/mol. The van der Waals surface area contributed by atoms with Crippen LogP contribution in [0.1, 0.15) is 75.2 Å². The summed E-state index contributed by atoms with van der Waals surface area (Å²) in [6, 6.07) is 27.6. The maximum Gasteiger partial charge on any atom is 0.342 e. The summed E-state index contributed by atoms with van der Waals surface area (Å²) in [5.41, 5.74) is -3.97. The third kappa shape index (κ3) is 6.70. The molecule has 0 saturated heterocycles. The lowest BCUT2D eigenvalue weighted by molar-refractivity contribution is -0.292. The molecule has 280 valence electrons. The van der Waals surface area contributed by atoms with Gasteiger partial charge in [-0.25, -0.2) is 14.4 Å². The van der Waals surface area contributed by atoms with Crippen molar-refractivity contribution >= 4 is 23.7 Å². The Morgan fingerprint density at radius 1 is 0.407 bits per heavy atom. The quantitative estimate of drug-likeness (QED) is 0.0766. The summed E-state index contributed by atoms with van der Waals surface area (Å²) in [6.07, 6.45) is 0.914. The lowest BCUT2D eigenvalue weighted by Crippen LogP contribution is -2.74. The van der Waals surface area contributed by atoms with Crippen molar-refractivity contribution in [2.24, 2.45) is 0 Å². The van der Waals surface area contributed by atoms with Crippen molar-refractivity contribution in [2.45, 2.75) is 60.9 Å². The van der Waals surface area contributed by atoms with Crippen LogP contribution in [0.2, 0.25) is 0 Å². The number of rotatable bonds is 13. The largest absolute Gasteiger partial charge is 0.496 e. The van der Waals surface area contributed by atoms with Gasteiger partial charge in [0, 0.05) is 38.5 Å². The zero-order valence-corrected chi connectivity index (χ0v) is 30.7. The molecule has 11 heteroatoms. The van der Waals surface area contributed by atoms with Crippen molar-refractivity contribution in [3.63, 3.8) is 0 Å². The van der Waals surface area contributed by atoms with Crippen molar-refractivity contribution in [1.82, 2.24) is 0 Å². The van der Waals surface area contributed by atoms with Gasteiger partial charge >= 0.3 is 17.9 Å². The first kappa shape index (κ1) is 36.4. The van der Waals surface area contributed by atoms with E-state index in [9.17, 15) is 14.4 Å². The lowest BCUT2D eigenvalue weighted by Gasteiger charge is -2.67. The molecule has 8 rings (SSSR count). The topological polar surface area (TPSA) is 125 Å². The number of hydrogen-bond acceptors (Lipinski definition) is 11. The van der Waals surface area contributed by atoms with Gasteiger partial charge in [0.1, 0.15) is 67.9 Å². The molecule has 0 heterocycles. The first-order valence-corrected chi connectivity index (χ1v) is 17.6. The molecule has 4 aliphatic carbocycles. The number of hydrogen-bond donors (Lipinski definition) is 0. The van der Waals surface area contributed by atoms with Crippen molar-refractivity contribution in [3.05, 3.63) is 126 Å². The Balaban J connectivity index is 1.36. The minimum absolute atomic E-state index is 0.113. The third-order valence-electron chi connectivity index (χ3n) is 10.5. The highest BCUT2D eigenvalue weighted by molar-refractivity contribution is 5.94. The van der Waals surface area contributed by atoms with E-state index in [4.69, 9.17) is 37.9 Å². The monoisotopic (exact) mass is 734 g/mol. The Morgan fingerprint density at radius 2 is 0.648 bits per heavy atom. The maximum atomic E-state index is 14.2. The minimum atomic E-state index is -1.34. The number of benzene rings is 4. The Kier molecular flexibility index (Phi) is 9.51. The van der Waals surface area contributed by atoms with Crippen molar-refractivity contribution in [2.75, 3.05) is 28.4 Å². The molecule has 4 aromatic carbocycles. The number of carbonyl (C=O) groups excluding carboxylic acids is 3. The Bertz CT molecular complexity index is 1770. The highest BCUT2D eigenvalue weighted by Crippen LogP contribution is 2.66. The summed E-state index contributed by atoms with van der Waals surface area (Å²) in [5.74, 6) is -0.120. The van der Waals surface area contributed by atoms with E-state index >= 15 is 0 Å². The van der Waals surface area contributed by atoms with Crippen LogP contribution in [-0.4, -0.2) is 68.8 Å². The van der Waals surface area contributed by atoms with Crippen molar-refractivity contribution in [1.29, 1.82) is 0 Å². The molecule has 0 aliphatic heterocycles. The SMILES string of the molecule is C=C(OC12CC3(OC(=O)c4ccccc4OC)CC(OC(=O)c4ccccc4OC)(C1)CC(OC(=O)c1ccccc1OC)(C2)C3)c1ccccc1OC. The number of carbonyl (C=O) groups is 3. The van der Waals surface area contributed by atoms with E-state index in [2.05, 4.69) is 6.58 Å². The van der Waals surface area contributed by atoms with Crippen LogP contribution in [0.25, 0.3) is 5.76 Å². The number of para-hydroxylation sites is 4.